The average Bonchev–Trinajstić information content (AvgIpc) is 3.37. The van der Waals surface area contributed by atoms with Gasteiger partial charge in [-0.05, 0) is 36.4 Å². The molecule has 0 aliphatic heterocycles. The Kier molecular flexibility index (Phi) is 7.09. The molecular weight excluding hydrogens is 515 g/mol. The molecule has 170 valence electrons. The van der Waals surface area contributed by atoms with E-state index in [-0.39, 0.29) is 40.4 Å². The lowest BCUT2D eigenvalue weighted by molar-refractivity contribution is 0.101. The van der Waals surface area contributed by atoms with Gasteiger partial charge in [0.1, 0.15) is 16.6 Å². The summed E-state index contributed by atoms with van der Waals surface area (Å²) in [6.45, 7) is 0.0632. The van der Waals surface area contributed by atoms with E-state index in [4.69, 9.17) is 51.1 Å². The fourth-order valence-electron chi connectivity index (χ4n) is 2.86. The van der Waals surface area contributed by atoms with Gasteiger partial charge in [0.05, 0.1) is 11.6 Å². The molecule has 0 saturated heterocycles. The van der Waals surface area contributed by atoms with E-state index in [1.165, 1.54) is 33.8 Å². The molecule has 4 rings (SSSR count). The van der Waals surface area contributed by atoms with Gasteiger partial charge in [0.25, 0.3) is 5.91 Å². The van der Waals surface area contributed by atoms with Crippen molar-refractivity contribution < 1.29 is 13.9 Å². The molecule has 0 unspecified atom stereocenters. The highest BCUT2D eigenvalue weighted by molar-refractivity contribution is 6.35. The molecule has 0 saturated carbocycles. The Morgan fingerprint density at radius 3 is 2.58 bits per heavy atom. The van der Waals surface area contributed by atoms with Crippen LogP contribution in [0.25, 0.3) is 0 Å². The standard InChI is InChI=1S/C21H14Cl4FN5O2/c22-12-4-5-19(15(24)8-12)33-11-30-7-6-18(28-30)21(32)27-20-16(25)10-31(29-20)9-13-14(23)2-1-3-17(13)26/h1-8,10H,9,11H2,(H,27,29,32). The van der Waals surface area contributed by atoms with Crippen molar-refractivity contribution in [2.45, 2.75) is 13.3 Å². The van der Waals surface area contributed by atoms with Crippen LogP contribution in [0.4, 0.5) is 10.2 Å². The second-order valence-corrected chi connectivity index (χ2v) is 8.42. The van der Waals surface area contributed by atoms with Crippen LogP contribution in [-0.4, -0.2) is 25.5 Å². The first-order chi connectivity index (χ1) is 15.8. The van der Waals surface area contributed by atoms with Gasteiger partial charge >= 0.3 is 0 Å². The van der Waals surface area contributed by atoms with Crippen molar-refractivity contribution in [3.63, 3.8) is 0 Å². The molecule has 2 heterocycles. The SMILES string of the molecule is O=C(Nc1nn(Cc2c(F)cccc2Cl)cc1Cl)c1ccn(COc2ccc(Cl)cc2Cl)n1. The van der Waals surface area contributed by atoms with E-state index in [9.17, 15) is 9.18 Å². The zero-order chi connectivity index (χ0) is 23.5. The molecular formula is C21H14Cl4FN5O2. The number of amides is 1. The van der Waals surface area contributed by atoms with Crippen LogP contribution >= 0.6 is 46.4 Å². The normalized spacial score (nSPS) is 10.9. The zero-order valence-electron chi connectivity index (χ0n) is 16.6. The minimum Gasteiger partial charge on any atom is -0.470 e. The number of benzene rings is 2. The number of carbonyl (C=O) groups excluding carboxylic acids is 1. The minimum atomic E-state index is -0.533. The molecule has 0 spiro atoms. The predicted molar refractivity (Wildman–Crippen MR) is 125 cm³/mol. The van der Waals surface area contributed by atoms with Gasteiger partial charge < -0.3 is 10.1 Å². The van der Waals surface area contributed by atoms with Crippen LogP contribution < -0.4 is 10.1 Å². The zero-order valence-corrected chi connectivity index (χ0v) is 19.6. The summed E-state index contributed by atoms with van der Waals surface area (Å²) < 4.78 is 22.4. The topological polar surface area (TPSA) is 74.0 Å². The van der Waals surface area contributed by atoms with Crippen molar-refractivity contribution in [3.05, 3.63) is 92.0 Å². The first kappa shape index (κ1) is 23.4. The van der Waals surface area contributed by atoms with E-state index in [0.29, 0.717) is 15.8 Å². The third kappa shape index (κ3) is 5.59. The summed E-state index contributed by atoms with van der Waals surface area (Å²) >= 11 is 24.2. The Labute approximate surface area is 207 Å². The highest BCUT2D eigenvalue weighted by atomic mass is 35.5. The Morgan fingerprint density at radius 1 is 1.00 bits per heavy atom. The van der Waals surface area contributed by atoms with Gasteiger partial charge in [-0.3, -0.25) is 9.48 Å². The highest BCUT2D eigenvalue weighted by Crippen LogP contribution is 2.28. The van der Waals surface area contributed by atoms with E-state index in [2.05, 4.69) is 15.5 Å². The molecule has 2 aromatic heterocycles. The van der Waals surface area contributed by atoms with Crippen molar-refractivity contribution in [2.24, 2.45) is 0 Å². The third-order valence-electron chi connectivity index (χ3n) is 4.45. The van der Waals surface area contributed by atoms with Gasteiger partial charge in [-0.2, -0.15) is 10.2 Å². The predicted octanol–water partition coefficient (Wildman–Crippen LogP) is 6.17. The average molecular weight is 529 g/mol. The molecule has 1 amide bonds. The minimum absolute atomic E-state index is 0.0212. The summed E-state index contributed by atoms with van der Waals surface area (Å²) in [4.78, 5) is 12.6. The number of ether oxygens (including phenoxy) is 1. The molecule has 0 radical (unpaired) electrons. The summed E-state index contributed by atoms with van der Waals surface area (Å²) in [5.41, 5.74) is 0.374. The molecule has 7 nitrogen and oxygen atoms in total. The number of nitrogens with one attached hydrogen (secondary N) is 1. The number of halogens is 5. The molecule has 0 fully saturated rings. The number of anilines is 1. The van der Waals surface area contributed by atoms with Crippen LogP contribution in [-0.2, 0) is 13.3 Å². The molecule has 2 aromatic carbocycles. The van der Waals surface area contributed by atoms with Gasteiger partial charge in [-0.1, -0.05) is 52.5 Å². The maximum absolute atomic E-state index is 14.0. The van der Waals surface area contributed by atoms with Gasteiger partial charge in [0.15, 0.2) is 18.2 Å². The number of hydrogen-bond acceptors (Lipinski definition) is 4. The Balaban J connectivity index is 1.40. The van der Waals surface area contributed by atoms with E-state index in [1.807, 2.05) is 0 Å². The van der Waals surface area contributed by atoms with Crippen molar-refractivity contribution in [3.8, 4) is 5.75 Å². The number of hydrogen-bond donors (Lipinski definition) is 1. The van der Waals surface area contributed by atoms with Crippen LogP contribution in [0.1, 0.15) is 16.1 Å². The molecule has 4 aromatic rings. The summed E-state index contributed by atoms with van der Waals surface area (Å²) in [5.74, 6) is -0.468. The smallest absolute Gasteiger partial charge is 0.277 e. The molecule has 0 aliphatic rings. The number of carbonyl (C=O) groups is 1. The second kappa shape index (κ2) is 10.0. The number of aromatic nitrogens is 4. The van der Waals surface area contributed by atoms with Crippen LogP contribution in [0.3, 0.4) is 0 Å². The molecule has 0 bridgehead atoms. The largest absolute Gasteiger partial charge is 0.470 e. The van der Waals surface area contributed by atoms with E-state index in [1.54, 1.807) is 30.5 Å². The third-order valence-corrected chi connectivity index (χ3v) is 5.61. The Morgan fingerprint density at radius 2 is 1.82 bits per heavy atom. The number of rotatable bonds is 7. The molecule has 0 atom stereocenters. The van der Waals surface area contributed by atoms with E-state index >= 15 is 0 Å². The van der Waals surface area contributed by atoms with Crippen LogP contribution in [0.15, 0.2) is 54.9 Å². The monoisotopic (exact) mass is 527 g/mol. The summed E-state index contributed by atoms with van der Waals surface area (Å²) in [6.07, 6.45) is 3.03. The quantitative estimate of drug-likeness (QED) is 0.311. The maximum atomic E-state index is 14.0. The van der Waals surface area contributed by atoms with Crippen molar-refractivity contribution in [2.75, 3.05) is 5.32 Å². The van der Waals surface area contributed by atoms with Gasteiger partial charge in [0, 0.05) is 28.0 Å². The highest BCUT2D eigenvalue weighted by Gasteiger charge is 2.16. The van der Waals surface area contributed by atoms with E-state index < -0.39 is 11.7 Å². The van der Waals surface area contributed by atoms with Crippen LogP contribution in [0.2, 0.25) is 20.1 Å². The maximum Gasteiger partial charge on any atom is 0.277 e. The fraction of sp³-hybridized carbons (Fsp3) is 0.0952. The molecule has 33 heavy (non-hydrogen) atoms. The number of nitrogens with zero attached hydrogens (tertiary/aromatic N) is 4. The first-order valence-corrected chi connectivity index (χ1v) is 10.9. The lowest BCUT2D eigenvalue weighted by Gasteiger charge is -2.08. The summed E-state index contributed by atoms with van der Waals surface area (Å²) in [6, 6.07) is 10.7. The Hall–Kier alpha value is -2.78. The summed E-state index contributed by atoms with van der Waals surface area (Å²) in [5, 5.41) is 12.2. The van der Waals surface area contributed by atoms with E-state index in [0.717, 1.165) is 0 Å². The molecule has 1 N–H and O–H groups in total. The van der Waals surface area contributed by atoms with Gasteiger partial charge in [0.2, 0.25) is 0 Å². The Bertz CT molecular complexity index is 1300. The lowest BCUT2D eigenvalue weighted by atomic mass is 10.2. The van der Waals surface area contributed by atoms with Crippen LogP contribution in [0.5, 0.6) is 5.75 Å². The fourth-order valence-corrected chi connectivity index (χ4v) is 3.75. The first-order valence-electron chi connectivity index (χ1n) is 9.38. The van der Waals surface area contributed by atoms with Gasteiger partial charge in [-0.25, -0.2) is 9.07 Å². The van der Waals surface area contributed by atoms with Crippen molar-refractivity contribution >= 4 is 58.1 Å². The lowest BCUT2D eigenvalue weighted by Crippen LogP contribution is -2.15. The van der Waals surface area contributed by atoms with Crippen molar-refractivity contribution in [1.29, 1.82) is 0 Å². The molecule has 0 aliphatic carbocycles. The van der Waals surface area contributed by atoms with Crippen LogP contribution in [0, 0.1) is 5.82 Å². The van der Waals surface area contributed by atoms with Gasteiger partial charge in [-0.15, -0.1) is 0 Å². The summed E-state index contributed by atoms with van der Waals surface area (Å²) in [7, 11) is 0. The second-order valence-electron chi connectivity index (χ2n) is 6.77. The molecule has 12 heteroatoms. The van der Waals surface area contributed by atoms with Crippen molar-refractivity contribution in [1.82, 2.24) is 19.6 Å².